The normalized spacial score (nSPS) is 11.0. The van der Waals surface area contributed by atoms with Crippen LogP contribution in [-0.4, -0.2) is 19.1 Å². The number of pyridine rings is 2. The number of benzene rings is 5. The lowest BCUT2D eigenvalue weighted by Crippen LogP contribution is -1.98. The number of hydrogen-bond acceptors (Lipinski definition) is 4. The molecule has 4 heterocycles. The summed E-state index contributed by atoms with van der Waals surface area (Å²) in [5.41, 5.74) is 12.5. The maximum atomic E-state index is 9.63. The van der Waals surface area contributed by atoms with E-state index >= 15 is 0 Å². The SMILES string of the molecule is [C-]#[N+]c1ccc(-c2ccc3c(c2)c2ncccc2n3-c2cccc(-n3c4ccc(-c5ccc(C#N)c([N+]#[C-])c5)cc4c4ncccc43)c2)cc1C#N. The van der Waals surface area contributed by atoms with E-state index in [2.05, 4.69) is 91.6 Å². The van der Waals surface area contributed by atoms with Crippen molar-refractivity contribution in [3.63, 3.8) is 0 Å². The summed E-state index contributed by atoms with van der Waals surface area (Å²) in [6.07, 6.45) is 3.60. The molecule has 0 aliphatic rings. The zero-order chi connectivity index (χ0) is 35.3. The Morgan fingerprint density at radius 3 is 1.56 bits per heavy atom. The van der Waals surface area contributed by atoms with Crippen LogP contribution < -0.4 is 0 Å². The van der Waals surface area contributed by atoms with E-state index in [-0.39, 0.29) is 0 Å². The third kappa shape index (κ3) is 4.58. The molecule has 0 radical (unpaired) electrons. The molecule has 0 saturated carbocycles. The lowest BCUT2D eigenvalue weighted by Gasteiger charge is -2.13. The third-order valence-electron chi connectivity index (χ3n) is 9.53. The topological polar surface area (TPSA) is 91.9 Å². The van der Waals surface area contributed by atoms with Crippen molar-refractivity contribution in [3.05, 3.63) is 168 Å². The first-order valence-electron chi connectivity index (χ1n) is 16.3. The third-order valence-corrected chi connectivity index (χ3v) is 9.53. The molecular formula is C44H22N8. The van der Waals surface area contributed by atoms with Crippen LogP contribution in [0, 0.1) is 35.8 Å². The van der Waals surface area contributed by atoms with Gasteiger partial charge in [-0.05, 0) is 101 Å². The molecule has 0 amide bonds. The van der Waals surface area contributed by atoms with Crippen LogP contribution in [0.15, 0.2) is 134 Å². The van der Waals surface area contributed by atoms with Crippen molar-refractivity contribution in [2.45, 2.75) is 0 Å². The molecule has 0 fully saturated rings. The second-order valence-corrected chi connectivity index (χ2v) is 12.3. The highest BCUT2D eigenvalue weighted by molar-refractivity contribution is 6.10. The number of nitriles is 2. The van der Waals surface area contributed by atoms with E-state index in [1.807, 2.05) is 36.4 Å². The Kier molecular flexibility index (Phi) is 6.84. The molecule has 5 aromatic carbocycles. The number of fused-ring (bicyclic) bond motifs is 6. The van der Waals surface area contributed by atoms with Crippen LogP contribution in [-0.2, 0) is 0 Å². The Labute approximate surface area is 297 Å². The summed E-state index contributed by atoms with van der Waals surface area (Å²) < 4.78 is 4.44. The van der Waals surface area contributed by atoms with Crippen molar-refractivity contribution >= 4 is 55.2 Å². The largest absolute Gasteiger partial charge is 0.308 e. The minimum Gasteiger partial charge on any atom is -0.308 e. The zero-order valence-corrected chi connectivity index (χ0v) is 27.3. The van der Waals surface area contributed by atoms with Gasteiger partial charge in [-0.2, -0.15) is 10.5 Å². The summed E-state index contributed by atoms with van der Waals surface area (Å²) in [4.78, 5) is 16.6. The van der Waals surface area contributed by atoms with Gasteiger partial charge in [0.05, 0.1) is 69.5 Å². The Balaban J connectivity index is 1.21. The van der Waals surface area contributed by atoms with Crippen LogP contribution >= 0.6 is 0 Å². The molecule has 0 atom stereocenters. The monoisotopic (exact) mass is 662 g/mol. The summed E-state index contributed by atoms with van der Waals surface area (Å²) in [6.45, 7) is 14.9. The quantitative estimate of drug-likeness (QED) is 0.175. The maximum absolute atomic E-state index is 9.63. The van der Waals surface area contributed by atoms with Gasteiger partial charge in [0.15, 0.2) is 0 Å². The molecule has 0 bridgehead atoms. The summed E-state index contributed by atoms with van der Waals surface area (Å²) in [6, 6.07) is 43.8. The fourth-order valence-electron chi connectivity index (χ4n) is 7.16. The van der Waals surface area contributed by atoms with E-state index in [0.717, 1.165) is 77.5 Å². The molecule has 0 aliphatic carbocycles. The lowest BCUT2D eigenvalue weighted by atomic mass is 10.0. The minimum absolute atomic E-state index is 0.331. The molecule has 8 nitrogen and oxygen atoms in total. The van der Waals surface area contributed by atoms with Crippen LogP contribution in [0.3, 0.4) is 0 Å². The van der Waals surface area contributed by atoms with E-state index in [1.54, 1.807) is 36.7 Å². The van der Waals surface area contributed by atoms with Gasteiger partial charge in [-0.15, -0.1) is 0 Å². The second-order valence-electron chi connectivity index (χ2n) is 12.3. The van der Waals surface area contributed by atoms with Crippen molar-refractivity contribution < 1.29 is 0 Å². The van der Waals surface area contributed by atoms with Gasteiger partial charge < -0.3 is 9.13 Å². The molecule has 238 valence electrons. The highest BCUT2D eigenvalue weighted by Gasteiger charge is 2.18. The van der Waals surface area contributed by atoms with Crippen LogP contribution in [0.5, 0.6) is 0 Å². The van der Waals surface area contributed by atoms with E-state index in [4.69, 9.17) is 23.1 Å². The summed E-state index contributed by atoms with van der Waals surface area (Å²) in [5, 5.41) is 21.0. The molecule has 4 aromatic heterocycles. The fourth-order valence-corrected chi connectivity index (χ4v) is 7.16. The zero-order valence-electron chi connectivity index (χ0n) is 27.3. The van der Waals surface area contributed by atoms with Gasteiger partial charge in [0.2, 0.25) is 11.4 Å². The van der Waals surface area contributed by atoms with Crippen LogP contribution in [0.4, 0.5) is 11.4 Å². The summed E-state index contributed by atoms with van der Waals surface area (Å²) >= 11 is 0. The summed E-state index contributed by atoms with van der Waals surface area (Å²) in [7, 11) is 0. The van der Waals surface area contributed by atoms with Gasteiger partial charge in [-0.25, -0.2) is 9.69 Å². The van der Waals surface area contributed by atoms with Crippen LogP contribution in [0.1, 0.15) is 11.1 Å². The standard InChI is InChI=1S/C44H22N8/c1-47-37-15-12-27(20-32(37)26-46)28-13-16-39-35(21-28)43-41(8-4-18-49-43)51(39)33-6-3-7-34(24-33)52-40-17-14-29(22-36(40)44-42(52)9-5-19-50-44)30-10-11-31(25-45)38(23-30)48-2/h3-24H. The molecule has 0 N–H and O–H groups in total. The van der Waals surface area contributed by atoms with Crippen LogP contribution in [0.25, 0.3) is 87.2 Å². The predicted octanol–water partition coefficient (Wildman–Crippen LogP) is 10.8. The summed E-state index contributed by atoms with van der Waals surface area (Å²) in [5.74, 6) is 0. The Morgan fingerprint density at radius 2 is 1.00 bits per heavy atom. The average Bonchev–Trinajstić information content (AvgIpc) is 3.72. The van der Waals surface area contributed by atoms with E-state index in [1.165, 1.54) is 0 Å². The van der Waals surface area contributed by atoms with Crippen LogP contribution in [0.2, 0.25) is 0 Å². The van der Waals surface area contributed by atoms with Crippen molar-refractivity contribution in [2.75, 3.05) is 0 Å². The molecule has 0 aliphatic heterocycles. The Bertz CT molecular complexity index is 2930. The van der Waals surface area contributed by atoms with E-state index in [0.29, 0.717) is 22.5 Å². The van der Waals surface area contributed by atoms with Gasteiger partial charge in [0.1, 0.15) is 0 Å². The lowest BCUT2D eigenvalue weighted by molar-refractivity contribution is 1.13. The van der Waals surface area contributed by atoms with E-state index < -0.39 is 0 Å². The molecule has 8 heteroatoms. The first-order chi connectivity index (χ1) is 25.6. The first kappa shape index (κ1) is 30.1. The van der Waals surface area contributed by atoms with Crippen molar-refractivity contribution in [1.29, 1.82) is 10.5 Å². The highest BCUT2D eigenvalue weighted by Crippen LogP contribution is 2.38. The number of nitrogens with zero attached hydrogens (tertiary/aromatic N) is 8. The molecular weight excluding hydrogens is 641 g/mol. The number of hydrogen-bond donors (Lipinski definition) is 0. The first-order valence-corrected chi connectivity index (χ1v) is 16.3. The molecule has 0 saturated heterocycles. The number of aromatic nitrogens is 4. The van der Waals surface area contributed by atoms with E-state index in [9.17, 15) is 10.5 Å². The minimum atomic E-state index is 0.331. The maximum Gasteiger partial charge on any atom is 0.205 e. The smallest absolute Gasteiger partial charge is 0.205 e. The van der Waals surface area contributed by atoms with Gasteiger partial charge in [0, 0.05) is 34.5 Å². The second kappa shape index (κ2) is 11.8. The molecule has 52 heavy (non-hydrogen) atoms. The van der Waals surface area contributed by atoms with Gasteiger partial charge >= 0.3 is 0 Å². The van der Waals surface area contributed by atoms with Gasteiger partial charge in [-0.3, -0.25) is 9.97 Å². The highest BCUT2D eigenvalue weighted by atomic mass is 15.0. The Morgan fingerprint density at radius 1 is 0.481 bits per heavy atom. The molecule has 9 rings (SSSR count). The molecule has 0 unspecified atom stereocenters. The van der Waals surface area contributed by atoms with Crippen molar-refractivity contribution in [3.8, 4) is 45.8 Å². The van der Waals surface area contributed by atoms with Crippen molar-refractivity contribution in [1.82, 2.24) is 19.1 Å². The predicted molar refractivity (Wildman–Crippen MR) is 204 cm³/mol. The van der Waals surface area contributed by atoms with Gasteiger partial charge in [0.25, 0.3) is 0 Å². The fraction of sp³-hybridized carbons (Fsp3) is 0. The number of rotatable bonds is 4. The Hall–Kier alpha value is -8.04. The average molecular weight is 663 g/mol. The van der Waals surface area contributed by atoms with Gasteiger partial charge in [-0.1, -0.05) is 42.5 Å². The molecule has 9 aromatic rings. The van der Waals surface area contributed by atoms with Crippen molar-refractivity contribution in [2.24, 2.45) is 0 Å². The molecule has 0 spiro atoms.